The normalized spacial score (nSPS) is 15.8. The highest BCUT2D eigenvalue weighted by Gasteiger charge is 2.40. The average molecular weight is 1060 g/mol. The van der Waals surface area contributed by atoms with E-state index in [2.05, 4.69) is 25.8 Å². The van der Waals surface area contributed by atoms with Gasteiger partial charge in [-0.15, -0.1) is 11.3 Å². The maximum absolute atomic E-state index is 14.4. The van der Waals surface area contributed by atoms with Crippen LogP contribution in [0.3, 0.4) is 0 Å². The third kappa shape index (κ3) is 13.6. The Morgan fingerprint density at radius 3 is 2.26 bits per heavy atom. The molecule has 4 aromatic carbocycles. The van der Waals surface area contributed by atoms with Crippen LogP contribution in [0, 0.1) is 5.82 Å². The molecule has 0 aliphatic carbocycles. The summed E-state index contributed by atoms with van der Waals surface area (Å²) in [6.07, 6.45) is 2.68. The van der Waals surface area contributed by atoms with Gasteiger partial charge < -0.3 is 49.0 Å². The number of fused-ring (bicyclic) bond motifs is 1. The van der Waals surface area contributed by atoms with Crippen molar-refractivity contribution in [1.82, 2.24) is 25.0 Å². The number of phenols is 1. The minimum Gasteiger partial charge on any atom is -0.508 e. The zero-order valence-electron chi connectivity index (χ0n) is 41.9. The molecule has 400 valence electrons. The maximum Gasteiger partial charge on any atom is 0.257 e. The van der Waals surface area contributed by atoms with Crippen molar-refractivity contribution in [3.05, 3.63) is 124 Å². The van der Waals surface area contributed by atoms with Gasteiger partial charge in [0.05, 0.1) is 64.8 Å². The Kier molecular flexibility index (Phi) is 18.9. The van der Waals surface area contributed by atoms with Crippen molar-refractivity contribution in [3.63, 3.8) is 0 Å². The van der Waals surface area contributed by atoms with Crippen molar-refractivity contribution >= 4 is 69.6 Å². The summed E-state index contributed by atoms with van der Waals surface area (Å²) in [7, 11) is 1.47. The number of imide groups is 1. The Labute approximate surface area is 442 Å². The predicted molar refractivity (Wildman–Crippen MR) is 279 cm³/mol. The highest BCUT2D eigenvalue weighted by atomic mass is 32.1. The second-order valence-electron chi connectivity index (χ2n) is 18.0. The first-order valence-corrected chi connectivity index (χ1v) is 25.8. The van der Waals surface area contributed by atoms with Gasteiger partial charge in [-0.25, -0.2) is 9.37 Å². The van der Waals surface area contributed by atoms with E-state index in [1.807, 2.05) is 41.3 Å². The molecule has 2 atom stereocenters. The Bertz CT molecular complexity index is 2880. The lowest BCUT2D eigenvalue weighted by atomic mass is 10.00. The molecule has 0 spiro atoms. The predicted octanol–water partition coefficient (Wildman–Crippen LogP) is 4.90. The number of nitrogens with one attached hydrogen (secondary N) is 3. The van der Waals surface area contributed by atoms with Gasteiger partial charge in [-0.2, -0.15) is 0 Å². The van der Waals surface area contributed by atoms with Crippen LogP contribution in [0.5, 0.6) is 5.75 Å². The number of phenolic OH excluding ortho intramolecular Hbond substituents is 1. The van der Waals surface area contributed by atoms with Crippen molar-refractivity contribution in [2.75, 3.05) is 108 Å². The number of anilines is 3. The molecule has 4 N–H and O–H groups in total. The minimum atomic E-state index is -1.33. The Balaban J connectivity index is 0.678. The van der Waals surface area contributed by atoms with Crippen LogP contribution < -0.4 is 20.9 Å². The number of halogens is 1. The first kappa shape index (κ1) is 54.6. The number of aldehydes is 1. The molecule has 22 heteroatoms. The fraction of sp³-hybridized carbons (Fsp3) is 0.370. The number of rotatable bonds is 25. The Hall–Kier alpha value is -7.63. The molecule has 2 unspecified atom stereocenters. The van der Waals surface area contributed by atoms with Crippen molar-refractivity contribution in [1.29, 1.82) is 0 Å². The number of piperidine rings is 1. The third-order valence-electron chi connectivity index (χ3n) is 13.2. The number of thiazole rings is 1. The lowest BCUT2D eigenvalue weighted by Gasteiger charge is -2.36. The number of hydrogen-bond donors (Lipinski definition) is 4. The van der Waals surface area contributed by atoms with Crippen LogP contribution in [-0.2, 0) is 44.7 Å². The van der Waals surface area contributed by atoms with Crippen LogP contribution in [0.2, 0.25) is 0 Å². The number of carbonyl (C=O) groups excluding carboxylic acids is 7. The second kappa shape index (κ2) is 26.2. The number of hydrogen-bond acceptors (Lipinski definition) is 16. The van der Waals surface area contributed by atoms with Crippen LogP contribution in [0.25, 0.3) is 11.1 Å². The Morgan fingerprint density at radius 1 is 0.882 bits per heavy atom. The third-order valence-corrected chi connectivity index (χ3v) is 13.9. The summed E-state index contributed by atoms with van der Waals surface area (Å²) in [5, 5.41) is 20.8. The van der Waals surface area contributed by atoms with Gasteiger partial charge in [0.2, 0.25) is 17.7 Å². The van der Waals surface area contributed by atoms with E-state index in [0.29, 0.717) is 107 Å². The van der Waals surface area contributed by atoms with Gasteiger partial charge in [0, 0.05) is 92.4 Å². The summed E-state index contributed by atoms with van der Waals surface area (Å²) in [4.78, 5) is 101. The topological polar surface area (TPSA) is 239 Å². The molecule has 8 rings (SSSR count). The summed E-state index contributed by atoms with van der Waals surface area (Å²) >= 11 is 1.19. The molecule has 20 nitrogen and oxygen atoms in total. The van der Waals surface area contributed by atoms with Gasteiger partial charge in [-0.05, 0) is 65.6 Å². The smallest absolute Gasteiger partial charge is 0.257 e. The van der Waals surface area contributed by atoms with E-state index < -0.39 is 41.5 Å². The van der Waals surface area contributed by atoms with E-state index in [9.17, 15) is 43.1 Å². The average Bonchev–Trinajstić information content (AvgIpc) is 4.07. The standard InChI is InChI=1S/C54H59FN8O12S/c1-60(44-12-14-46(66)58-50(44)68)53(71)48-38(34-64)3-2-4-43(48)56-16-23-73-25-27-75-29-28-74-26-24-72-22-15-47(67)62-20-18-61(19-21-62)40-10-7-35(8-11-40)36-5-6-37-33-63(52(70)41(37)31-36)49(42-32-39(55)9-13-45(42)65)51(69)59-54-57-17-30-76-54/h2-11,13,17,30-32,34,44,49,56,65H,12,14-16,18-29,33H2,1H3,(H,57,59,69)(H,58,66,68). The monoisotopic (exact) mass is 1060 g/mol. The van der Waals surface area contributed by atoms with Crippen LogP contribution >= 0.6 is 11.3 Å². The van der Waals surface area contributed by atoms with E-state index in [1.54, 1.807) is 23.6 Å². The number of benzene rings is 4. The van der Waals surface area contributed by atoms with E-state index in [4.69, 9.17) is 18.9 Å². The molecule has 2 saturated heterocycles. The molecule has 0 radical (unpaired) electrons. The lowest BCUT2D eigenvalue weighted by Crippen LogP contribution is -2.53. The molecule has 4 heterocycles. The van der Waals surface area contributed by atoms with E-state index >= 15 is 0 Å². The molecule has 2 fully saturated rings. The number of aromatic nitrogens is 1. The van der Waals surface area contributed by atoms with Crippen molar-refractivity contribution in [3.8, 4) is 16.9 Å². The van der Waals surface area contributed by atoms with Crippen LogP contribution in [0.4, 0.5) is 20.9 Å². The van der Waals surface area contributed by atoms with Crippen molar-refractivity contribution in [2.24, 2.45) is 0 Å². The summed E-state index contributed by atoms with van der Waals surface area (Å²) in [6.45, 7) is 5.47. The van der Waals surface area contributed by atoms with Gasteiger partial charge >= 0.3 is 0 Å². The molecule has 6 amide bonds. The molecular weight excluding hydrogens is 1000 g/mol. The molecule has 0 saturated carbocycles. The highest BCUT2D eigenvalue weighted by Crippen LogP contribution is 2.38. The van der Waals surface area contributed by atoms with Crippen LogP contribution in [0.1, 0.15) is 67.5 Å². The number of piperazine rings is 1. The summed E-state index contributed by atoms with van der Waals surface area (Å²) in [5.74, 6) is -3.47. The van der Waals surface area contributed by atoms with Crippen molar-refractivity contribution in [2.45, 2.75) is 37.9 Å². The van der Waals surface area contributed by atoms with E-state index in [1.165, 1.54) is 40.4 Å². The molecule has 3 aliphatic rings. The largest absolute Gasteiger partial charge is 0.508 e. The number of aromatic hydroxyl groups is 1. The molecule has 76 heavy (non-hydrogen) atoms. The van der Waals surface area contributed by atoms with Gasteiger partial charge in [0.15, 0.2) is 11.4 Å². The Morgan fingerprint density at radius 2 is 1.58 bits per heavy atom. The zero-order chi connectivity index (χ0) is 53.6. The van der Waals surface area contributed by atoms with E-state index in [-0.39, 0.29) is 66.7 Å². The SMILES string of the molecule is CN(C(=O)c1c(C=O)cccc1NCCOCCOCCOCCOCCC(=O)N1CCN(c2ccc(-c3ccc4c(c3)C(=O)N(C(C(=O)Nc3nccs3)c3cc(F)ccc3O)C4)cc2)CC1)C1CCC(=O)NC1=O. The summed E-state index contributed by atoms with van der Waals surface area (Å²) < 4.78 is 36.9. The van der Waals surface area contributed by atoms with Gasteiger partial charge in [-0.3, -0.25) is 44.2 Å². The first-order chi connectivity index (χ1) is 36.9. The molecule has 3 aliphatic heterocycles. The van der Waals surface area contributed by atoms with Gasteiger partial charge in [-0.1, -0.05) is 36.4 Å². The number of carbonyl (C=O) groups is 7. The number of nitrogens with zero attached hydrogens (tertiary/aromatic N) is 5. The fourth-order valence-electron chi connectivity index (χ4n) is 9.21. The number of likely N-dealkylation sites (N-methyl/N-ethyl adjacent to an activating group) is 1. The molecule has 5 aromatic rings. The lowest BCUT2D eigenvalue weighted by molar-refractivity contribution is -0.136. The highest BCUT2D eigenvalue weighted by molar-refractivity contribution is 7.13. The van der Waals surface area contributed by atoms with E-state index in [0.717, 1.165) is 35.0 Å². The summed E-state index contributed by atoms with van der Waals surface area (Å²) in [6, 6.07) is 19.5. The zero-order valence-corrected chi connectivity index (χ0v) is 42.7. The minimum absolute atomic E-state index is 0.0214. The molecule has 1 aromatic heterocycles. The molecular formula is C54H59FN8O12S. The van der Waals surface area contributed by atoms with Crippen molar-refractivity contribution < 1.29 is 62.0 Å². The van der Waals surface area contributed by atoms with Crippen LogP contribution in [-0.4, -0.2) is 165 Å². The number of ether oxygens (including phenoxy) is 4. The molecule has 0 bridgehead atoms. The summed E-state index contributed by atoms with van der Waals surface area (Å²) in [5.41, 5.74) is 4.46. The fourth-order valence-corrected chi connectivity index (χ4v) is 9.74. The first-order valence-electron chi connectivity index (χ1n) is 24.9. The second-order valence-corrected chi connectivity index (χ2v) is 18.9. The van der Waals surface area contributed by atoms with Gasteiger partial charge in [0.25, 0.3) is 17.7 Å². The number of amides is 6. The van der Waals surface area contributed by atoms with Gasteiger partial charge in [0.1, 0.15) is 23.7 Å². The quantitative estimate of drug-likeness (QED) is 0.0346. The van der Waals surface area contributed by atoms with Crippen LogP contribution in [0.15, 0.2) is 90.4 Å². The maximum atomic E-state index is 14.4.